The topological polar surface area (TPSA) is 47.0 Å². The molecule has 0 saturated carbocycles. The third kappa shape index (κ3) is 3.11. The molecule has 20 heavy (non-hydrogen) atoms. The van der Waals surface area contributed by atoms with Crippen LogP contribution in [0, 0.1) is 0 Å². The molecule has 2 aromatic carbocycles. The molecular weight excluding hydrogens is 250 g/mol. The number of nitrogens with one attached hydrogen (secondary N) is 1. The Morgan fingerprint density at radius 2 is 1.50 bits per heavy atom. The first-order valence-electron chi connectivity index (χ1n) is 6.27. The first-order chi connectivity index (χ1) is 9.90. The number of aromatic nitrogens is 2. The van der Waals surface area contributed by atoms with Gasteiger partial charge in [-0.25, -0.2) is 9.97 Å². The van der Waals surface area contributed by atoms with E-state index in [0.717, 1.165) is 11.4 Å². The highest BCUT2D eigenvalue weighted by Crippen LogP contribution is 2.21. The monoisotopic (exact) mass is 263 g/mol. The van der Waals surface area contributed by atoms with Gasteiger partial charge in [-0.2, -0.15) is 0 Å². The Labute approximate surface area is 117 Å². The molecule has 0 radical (unpaired) electrons. The summed E-state index contributed by atoms with van der Waals surface area (Å²) in [7, 11) is 0. The van der Waals surface area contributed by atoms with Crippen LogP contribution in [0.25, 0.3) is 0 Å². The number of ether oxygens (including phenoxy) is 1. The Hall–Kier alpha value is -2.88. The van der Waals surface area contributed by atoms with Gasteiger partial charge in [-0.3, -0.25) is 0 Å². The van der Waals surface area contributed by atoms with Crippen LogP contribution < -0.4 is 10.1 Å². The van der Waals surface area contributed by atoms with Crippen LogP contribution in [0.15, 0.2) is 73.1 Å². The molecule has 0 aliphatic heterocycles. The van der Waals surface area contributed by atoms with E-state index in [9.17, 15) is 0 Å². The molecule has 3 rings (SSSR count). The lowest BCUT2D eigenvalue weighted by atomic mass is 10.3. The second-order valence-electron chi connectivity index (χ2n) is 4.15. The largest absolute Gasteiger partial charge is 0.439 e. The maximum Gasteiger partial charge on any atom is 0.224 e. The average molecular weight is 263 g/mol. The molecule has 3 aromatic rings. The zero-order chi connectivity index (χ0) is 13.6. The van der Waals surface area contributed by atoms with Gasteiger partial charge in [0.2, 0.25) is 5.88 Å². The van der Waals surface area contributed by atoms with Crippen LogP contribution in [-0.4, -0.2) is 9.97 Å². The van der Waals surface area contributed by atoms with Crippen LogP contribution in [0.3, 0.4) is 0 Å². The Kier molecular flexibility index (Phi) is 3.55. The fraction of sp³-hybridized carbons (Fsp3) is 0. The molecule has 0 unspecified atom stereocenters. The Morgan fingerprint density at radius 3 is 2.25 bits per heavy atom. The molecular formula is C16H13N3O. The number of para-hydroxylation sites is 2. The number of nitrogens with zero attached hydrogens (tertiary/aromatic N) is 2. The van der Waals surface area contributed by atoms with Crippen molar-refractivity contribution >= 4 is 11.5 Å². The summed E-state index contributed by atoms with van der Waals surface area (Å²) in [5.74, 6) is 1.94. The minimum Gasteiger partial charge on any atom is -0.439 e. The first kappa shape index (κ1) is 12.2. The van der Waals surface area contributed by atoms with E-state index < -0.39 is 0 Å². The summed E-state index contributed by atoms with van der Waals surface area (Å²) in [6.45, 7) is 0. The average Bonchev–Trinajstić information content (AvgIpc) is 2.50. The molecule has 1 N–H and O–H groups in total. The van der Waals surface area contributed by atoms with Gasteiger partial charge in [0.15, 0.2) is 0 Å². The normalized spacial score (nSPS) is 10.0. The first-order valence-corrected chi connectivity index (χ1v) is 6.27. The van der Waals surface area contributed by atoms with E-state index in [1.165, 1.54) is 6.33 Å². The van der Waals surface area contributed by atoms with Crippen molar-refractivity contribution in [2.75, 3.05) is 5.32 Å². The summed E-state index contributed by atoms with van der Waals surface area (Å²) in [4.78, 5) is 8.28. The van der Waals surface area contributed by atoms with E-state index >= 15 is 0 Å². The summed E-state index contributed by atoms with van der Waals surface area (Å²) < 4.78 is 5.67. The molecule has 98 valence electrons. The van der Waals surface area contributed by atoms with Crippen LogP contribution in [0.5, 0.6) is 11.6 Å². The van der Waals surface area contributed by atoms with Gasteiger partial charge in [0.1, 0.15) is 17.9 Å². The van der Waals surface area contributed by atoms with Gasteiger partial charge in [0.05, 0.1) is 0 Å². The van der Waals surface area contributed by atoms with Crippen LogP contribution in [0.2, 0.25) is 0 Å². The van der Waals surface area contributed by atoms with E-state index in [0.29, 0.717) is 11.7 Å². The maximum atomic E-state index is 5.67. The third-order valence-electron chi connectivity index (χ3n) is 2.65. The second kappa shape index (κ2) is 5.84. The molecule has 4 heteroatoms. The molecule has 0 aliphatic carbocycles. The standard InChI is InChI=1S/C16H13N3O/c1-3-7-13(8-4-1)19-15-11-16(18-12-17-15)20-14-9-5-2-6-10-14/h1-12H,(H,17,18,19). The van der Waals surface area contributed by atoms with Gasteiger partial charge < -0.3 is 10.1 Å². The lowest BCUT2D eigenvalue weighted by Gasteiger charge is -2.07. The number of benzene rings is 2. The predicted molar refractivity (Wildman–Crippen MR) is 78.3 cm³/mol. The van der Waals surface area contributed by atoms with Crippen molar-refractivity contribution in [2.24, 2.45) is 0 Å². The van der Waals surface area contributed by atoms with E-state index in [-0.39, 0.29) is 0 Å². The number of rotatable bonds is 4. The molecule has 0 bridgehead atoms. The van der Waals surface area contributed by atoms with Gasteiger partial charge in [0, 0.05) is 11.8 Å². The molecule has 1 heterocycles. The zero-order valence-corrected chi connectivity index (χ0v) is 10.7. The molecule has 0 amide bonds. The summed E-state index contributed by atoms with van der Waals surface area (Å²) >= 11 is 0. The van der Waals surface area contributed by atoms with Crippen molar-refractivity contribution in [3.63, 3.8) is 0 Å². The van der Waals surface area contributed by atoms with Crippen molar-refractivity contribution in [1.29, 1.82) is 0 Å². The quantitative estimate of drug-likeness (QED) is 0.772. The van der Waals surface area contributed by atoms with E-state index in [1.807, 2.05) is 60.7 Å². The van der Waals surface area contributed by atoms with Crippen LogP contribution in [-0.2, 0) is 0 Å². The van der Waals surface area contributed by atoms with Crippen molar-refractivity contribution in [3.05, 3.63) is 73.1 Å². The smallest absolute Gasteiger partial charge is 0.224 e. The van der Waals surface area contributed by atoms with Gasteiger partial charge in [-0.05, 0) is 24.3 Å². The summed E-state index contributed by atoms with van der Waals surface area (Å²) in [6.07, 6.45) is 1.48. The van der Waals surface area contributed by atoms with E-state index in [2.05, 4.69) is 15.3 Å². The zero-order valence-electron chi connectivity index (χ0n) is 10.7. The van der Waals surface area contributed by atoms with E-state index in [1.54, 1.807) is 6.07 Å². The van der Waals surface area contributed by atoms with Crippen LogP contribution in [0.4, 0.5) is 11.5 Å². The van der Waals surface area contributed by atoms with Crippen molar-refractivity contribution in [1.82, 2.24) is 9.97 Å². The van der Waals surface area contributed by atoms with Gasteiger partial charge in [-0.15, -0.1) is 0 Å². The molecule has 1 aromatic heterocycles. The fourth-order valence-electron chi connectivity index (χ4n) is 1.74. The Balaban J connectivity index is 1.76. The highest BCUT2D eigenvalue weighted by molar-refractivity contribution is 5.56. The third-order valence-corrected chi connectivity index (χ3v) is 2.65. The van der Waals surface area contributed by atoms with E-state index in [4.69, 9.17) is 4.74 Å². The molecule has 0 aliphatic rings. The molecule has 4 nitrogen and oxygen atoms in total. The summed E-state index contributed by atoms with van der Waals surface area (Å²) in [6, 6.07) is 21.1. The summed E-state index contributed by atoms with van der Waals surface area (Å²) in [5, 5.41) is 3.20. The fourth-order valence-corrected chi connectivity index (χ4v) is 1.74. The van der Waals surface area contributed by atoms with Crippen molar-refractivity contribution in [2.45, 2.75) is 0 Å². The van der Waals surface area contributed by atoms with Gasteiger partial charge in [-0.1, -0.05) is 36.4 Å². The Morgan fingerprint density at radius 1 is 0.800 bits per heavy atom. The predicted octanol–water partition coefficient (Wildman–Crippen LogP) is 4.01. The molecule has 0 saturated heterocycles. The lowest BCUT2D eigenvalue weighted by molar-refractivity contribution is 0.462. The molecule has 0 spiro atoms. The SMILES string of the molecule is c1ccc(Nc2cc(Oc3ccccc3)ncn2)cc1. The van der Waals surface area contributed by atoms with Crippen molar-refractivity contribution in [3.8, 4) is 11.6 Å². The van der Waals surface area contributed by atoms with Gasteiger partial charge >= 0.3 is 0 Å². The highest BCUT2D eigenvalue weighted by atomic mass is 16.5. The molecule has 0 atom stereocenters. The lowest BCUT2D eigenvalue weighted by Crippen LogP contribution is -1.95. The minimum absolute atomic E-state index is 0.504. The Bertz CT molecular complexity index is 615. The summed E-state index contributed by atoms with van der Waals surface area (Å²) in [5.41, 5.74) is 0.969. The highest BCUT2D eigenvalue weighted by Gasteiger charge is 2.01. The van der Waals surface area contributed by atoms with Crippen molar-refractivity contribution < 1.29 is 4.74 Å². The van der Waals surface area contributed by atoms with Gasteiger partial charge in [0.25, 0.3) is 0 Å². The second-order valence-corrected chi connectivity index (χ2v) is 4.15. The maximum absolute atomic E-state index is 5.67. The number of hydrogen-bond donors (Lipinski definition) is 1. The number of hydrogen-bond acceptors (Lipinski definition) is 4. The van der Waals surface area contributed by atoms with Crippen LogP contribution >= 0.6 is 0 Å². The van der Waals surface area contributed by atoms with Crippen LogP contribution in [0.1, 0.15) is 0 Å². The minimum atomic E-state index is 0.504. The number of anilines is 2. The molecule has 0 fully saturated rings.